The number of hydrogen-bond donors (Lipinski definition) is 3. The normalized spacial score (nSPS) is 15.9. The van der Waals surface area contributed by atoms with Crippen molar-refractivity contribution >= 4 is 22.9 Å². The average molecular weight is 505 g/mol. The molecule has 1 atom stereocenters. The first-order valence-corrected chi connectivity index (χ1v) is 13.4. The second-order valence-electron chi connectivity index (χ2n) is 11.0. The van der Waals surface area contributed by atoms with Crippen LogP contribution >= 0.6 is 0 Å². The molecule has 1 aromatic heterocycles. The van der Waals surface area contributed by atoms with E-state index in [0.29, 0.717) is 18.9 Å². The topological polar surface area (TPSA) is 86.5 Å². The third-order valence-electron chi connectivity index (χ3n) is 6.91. The summed E-state index contributed by atoms with van der Waals surface area (Å²) >= 11 is 0. The molecule has 0 bridgehead atoms. The predicted octanol–water partition coefficient (Wildman–Crippen LogP) is 5.02. The molecule has 4 rings (SSSR count). The highest BCUT2D eigenvalue weighted by Gasteiger charge is 2.26. The molecule has 0 radical (unpaired) electrons. The first-order chi connectivity index (χ1) is 17.8. The molecule has 0 saturated carbocycles. The molecule has 7 heteroatoms. The number of piperidine rings is 1. The van der Waals surface area contributed by atoms with E-state index < -0.39 is 17.7 Å². The maximum atomic E-state index is 13.2. The van der Waals surface area contributed by atoms with Gasteiger partial charge < -0.3 is 20.4 Å². The molecule has 7 nitrogen and oxygen atoms in total. The quantitative estimate of drug-likeness (QED) is 0.382. The fraction of sp³-hybridized carbons (Fsp3) is 0.467. The second kappa shape index (κ2) is 12.3. The van der Waals surface area contributed by atoms with Gasteiger partial charge in [-0.25, -0.2) is 4.79 Å². The van der Waals surface area contributed by atoms with Crippen molar-refractivity contribution in [1.29, 1.82) is 0 Å². The van der Waals surface area contributed by atoms with Crippen molar-refractivity contribution in [3.8, 4) is 0 Å². The third-order valence-corrected chi connectivity index (χ3v) is 6.91. The molecular formula is C30H40N4O3. The molecule has 1 aliphatic heterocycles. The number of aromatic nitrogens is 1. The molecule has 2 heterocycles. The van der Waals surface area contributed by atoms with Gasteiger partial charge in [0.15, 0.2) is 0 Å². The molecule has 1 aliphatic rings. The molecular weight excluding hydrogens is 464 g/mol. The number of benzene rings is 2. The summed E-state index contributed by atoms with van der Waals surface area (Å²) in [5.41, 5.74) is 2.71. The maximum absolute atomic E-state index is 13.2. The van der Waals surface area contributed by atoms with E-state index in [0.717, 1.165) is 55.4 Å². The summed E-state index contributed by atoms with van der Waals surface area (Å²) in [4.78, 5) is 31.5. The Labute approximate surface area is 220 Å². The average Bonchev–Trinajstić information content (AvgIpc) is 3.27. The van der Waals surface area contributed by atoms with Gasteiger partial charge in [-0.15, -0.1) is 0 Å². The SMILES string of the molecule is CC(C)(C)OC(=O)NC(Cc1c[nH]c2ccccc12)C(=O)NCCC1CCN(Cc2ccccc2)CC1. The van der Waals surface area contributed by atoms with Gasteiger partial charge in [-0.2, -0.15) is 0 Å². The van der Waals surface area contributed by atoms with Crippen molar-refractivity contribution in [1.82, 2.24) is 20.5 Å². The van der Waals surface area contributed by atoms with Crippen LogP contribution in [0.4, 0.5) is 4.79 Å². The van der Waals surface area contributed by atoms with E-state index in [1.54, 1.807) is 0 Å². The minimum absolute atomic E-state index is 0.183. The Hall–Kier alpha value is -3.32. The molecule has 198 valence electrons. The number of ether oxygens (including phenoxy) is 1. The van der Waals surface area contributed by atoms with E-state index in [1.165, 1.54) is 5.56 Å². The number of H-pyrrole nitrogens is 1. The minimum Gasteiger partial charge on any atom is -0.444 e. The van der Waals surface area contributed by atoms with E-state index in [2.05, 4.69) is 50.8 Å². The van der Waals surface area contributed by atoms with Crippen molar-refractivity contribution in [3.63, 3.8) is 0 Å². The van der Waals surface area contributed by atoms with Crippen molar-refractivity contribution in [2.75, 3.05) is 19.6 Å². The third kappa shape index (κ3) is 8.09. The molecule has 0 spiro atoms. The van der Waals surface area contributed by atoms with Gasteiger partial charge in [0, 0.05) is 36.6 Å². The minimum atomic E-state index is -0.721. The number of nitrogens with zero attached hydrogens (tertiary/aromatic N) is 1. The van der Waals surface area contributed by atoms with Crippen LogP contribution in [-0.2, 0) is 22.5 Å². The molecule has 1 fully saturated rings. The lowest BCUT2D eigenvalue weighted by Crippen LogP contribution is -2.49. The van der Waals surface area contributed by atoms with Gasteiger partial charge in [-0.1, -0.05) is 48.5 Å². The van der Waals surface area contributed by atoms with Crippen LogP contribution < -0.4 is 10.6 Å². The zero-order valence-corrected chi connectivity index (χ0v) is 22.3. The first kappa shape index (κ1) is 26.7. The fourth-order valence-corrected chi connectivity index (χ4v) is 4.98. The van der Waals surface area contributed by atoms with Crippen molar-refractivity contribution < 1.29 is 14.3 Å². The standard InChI is InChI=1S/C30H40N4O3/c1-30(2,3)37-29(36)33-27(19-24-20-32-26-12-8-7-11-25(24)26)28(35)31-16-13-22-14-17-34(18-15-22)21-23-9-5-4-6-10-23/h4-12,20,22,27,32H,13-19,21H2,1-3H3,(H,31,35)(H,33,36). The molecule has 3 aromatic rings. The highest BCUT2D eigenvalue weighted by Crippen LogP contribution is 2.22. The van der Waals surface area contributed by atoms with Crippen molar-refractivity contribution in [3.05, 3.63) is 71.9 Å². The van der Waals surface area contributed by atoms with Crippen LogP contribution in [0.5, 0.6) is 0 Å². The number of carbonyl (C=O) groups excluding carboxylic acids is 2. The Bertz CT molecular complexity index is 1160. The Morgan fingerprint density at radius 2 is 1.76 bits per heavy atom. The Kier molecular flexibility index (Phi) is 8.87. The van der Waals surface area contributed by atoms with Crippen LogP contribution in [-0.4, -0.2) is 53.2 Å². The molecule has 0 aliphatic carbocycles. The Balaban J connectivity index is 1.29. The summed E-state index contributed by atoms with van der Waals surface area (Å²) in [5, 5.41) is 6.93. The van der Waals surface area contributed by atoms with E-state index in [4.69, 9.17) is 4.74 Å². The van der Waals surface area contributed by atoms with Crippen LogP contribution in [0, 0.1) is 5.92 Å². The smallest absolute Gasteiger partial charge is 0.408 e. The van der Waals surface area contributed by atoms with Crippen molar-refractivity contribution in [2.24, 2.45) is 5.92 Å². The summed E-state index contributed by atoms with van der Waals surface area (Å²) in [6.45, 7) is 9.19. The van der Waals surface area contributed by atoms with Crippen LogP contribution in [0.15, 0.2) is 60.8 Å². The van der Waals surface area contributed by atoms with Gasteiger partial charge in [0.25, 0.3) is 0 Å². The highest BCUT2D eigenvalue weighted by atomic mass is 16.6. The van der Waals surface area contributed by atoms with Crippen molar-refractivity contribution in [2.45, 2.75) is 64.6 Å². The predicted molar refractivity (Wildman–Crippen MR) is 147 cm³/mol. The monoisotopic (exact) mass is 504 g/mol. The summed E-state index contributed by atoms with van der Waals surface area (Å²) in [6, 6.07) is 17.8. The van der Waals surface area contributed by atoms with E-state index in [-0.39, 0.29) is 5.91 Å². The van der Waals surface area contributed by atoms with Gasteiger partial charge in [-0.3, -0.25) is 9.69 Å². The second-order valence-corrected chi connectivity index (χ2v) is 11.0. The summed E-state index contributed by atoms with van der Waals surface area (Å²) < 4.78 is 5.43. The van der Waals surface area contributed by atoms with Gasteiger partial charge in [0.1, 0.15) is 11.6 Å². The number of rotatable bonds is 9. The maximum Gasteiger partial charge on any atom is 0.408 e. The summed E-state index contributed by atoms with van der Waals surface area (Å²) in [5.74, 6) is 0.413. The van der Waals surface area contributed by atoms with Crippen LogP contribution in [0.2, 0.25) is 0 Å². The fourth-order valence-electron chi connectivity index (χ4n) is 4.98. The van der Waals surface area contributed by atoms with E-state index in [9.17, 15) is 9.59 Å². The number of alkyl carbamates (subject to hydrolysis) is 1. The number of likely N-dealkylation sites (tertiary alicyclic amines) is 1. The molecule has 3 N–H and O–H groups in total. The molecule has 2 aromatic carbocycles. The number of fused-ring (bicyclic) bond motifs is 1. The Morgan fingerprint density at radius 1 is 1.05 bits per heavy atom. The highest BCUT2D eigenvalue weighted by molar-refractivity contribution is 5.88. The summed E-state index contributed by atoms with van der Waals surface area (Å²) in [6.07, 6.45) is 4.92. The van der Waals surface area contributed by atoms with Crippen LogP contribution in [0.3, 0.4) is 0 Å². The number of nitrogens with one attached hydrogen (secondary N) is 3. The zero-order valence-electron chi connectivity index (χ0n) is 22.3. The number of hydrogen-bond acceptors (Lipinski definition) is 4. The van der Waals surface area contributed by atoms with Crippen LogP contribution in [0.25, 0.3) is 10.9 Å². The lowest BCUT2D eigenvalue weighted by molar-refractivity contribution is -0.123. The van der Waals surface area contributed by atoms with Gasteiger partial charge in [0.2, 0.25) is 5.91 Å². The first-order valence-electron chi connectivity index (χ1n) is 13.4. The number of carbonyl (C=O) groups is 2. The molecule has 1 saturated heterocycles. The lowest BCUT2D eigenvalue weighted by Gasteiger charge is -2.32. The summed E-state index contributed by atoms with van der Waals surface area (Å²) in [7, 11) is 0. The number of aromatic amines is 1. The number of amides is 2. The van der Waals surface area contributed by atoms with Crippen LogP contribution in [0.1, 0.15) is 51.2 Å². The molecule has 37 heavy (non-hydrogen) atoms. The van der Waals surface area contributed by atoms with E-state index >= 15 is 0 Å². The van der Waals surface area contributed by atoms with Gasteiger partial charge >= 0.3 is 6.09 Å². The largest absolute Gasteiger partial charge is 0.444 e. The van der Waals surface area contributed by atoms with Gasteiger partial charge in [0.05, 0.1) is 0 Å². The van der Waals surface area contributed by atoms with Gasteiger partial charge in [-0.05, 0) is 76.2 Å². The molecule has 1 unspecified atom stereocenters. The lowest BCUT2D eigenvalue weighted by atomic mass is 9.93. The molecule has 2 amide bonds. The zero-order chi connectivity index (χ0) is 26.3. The Morgan fingerprint density at radius 3 is 2.49 bits per heavy atom. The van der Waals surface area contributed by atoms with E-state index in [1.807, 2.05) is 51.2 Å². The number of para-hydroxylation sites is 1.